The highest BCUT2D eigenvalue weighted by atomic mass is 35.5. The number of aromatic nitrogens is 4. The number of aryl methyl sites for hydroxylation is 4. The molecule has 0 radical (unpaired) electrons. The van der Waals surface area contributed by atoms with Crippen LogP contribution in [0.5, 0.6) is 0 Å². The van der Waals surface area contributed by atoms with Crippen molar-refractivity contribution >= 4 is 22.6 Å². The van der Waals surface area contributed by atoms with E-state index in [1.807, 2.05) is 30.8 Å². The number of benzene rings is 1. The number of imidazole rings is 1. The molecule has 0 amide bonds. The number of alkyl halides is 1. The van der Waals surface area contributed by atoms with E-state index in [2.05, 4.69) is 10.1 Å². The van der Waals surface area contributed by atoms with Gasteiger partial charge in [-0.25, -0.2) is 9.37 Å². The minimum absolute atomic E-state index is 0.243. The highest BCUT2D eigenvalue weighted by molar-refractivity contribution is 6.17. The minimum atomic E-state index is -0.243. The number of fused-ring (bicyclic) bond motifs is 1. The molecule has 3 aromatic rings. The lowest BCUT2D eigenvalue weighted by atomic mass is 10.2. The minimum Gasteiger partial charge on any atom is -0.293 e. The Balaban J connectivity index is 2.35. The highest BCUT2D eigenvalue weighted by Gasteiger charge is 2.17. The molecule has 21 heavy (non-hydrogen) atoms. The summed E-state index contributed by atoms with van der Waals surface area (Å²) in [6, 6.07) is 3.30. The van der Waals surface area contributed by atoms with Crippen LogP contribution in [0.25, 0.3) is 16.7 Å². The van der Waals surface area contributed by atoms with E-state index in [1.54, 1.807) is 11.6 Å². The third-order valence-corrected chi connectivity index (χ3v) is 3.74. The van der Waals surface area contributed by atoms with E-state index in [-0.39, 0.29) is 5.82 Å². The summed E-state index contributed by atoms with van der Waals surface area (Å²) in [6.07, 6.45) is 2.55. The molecule has 0 aliphatic rings. The molecule has 0 unspecified atom stereocenters. The van der Waals surface area contributed by atoms with Gasteiger partial charge in [0.1, 0.15) is 11.6 Å². The summed E-state index contributed by atoms with van der Waals surface area (Å²) in [5, 5.41) is 4.38. The second-order valence-electron chi connectivity index (χ2n) is 5.17. The average molecular weight is 307 g/mol. The Kier molecular flexibility index (Phi) is 3.45. The summed E-state index contributed by atoms with van der Waals surface area (Å²) in [5.74, 6) is 1.04. The zero-order chi connectivity index (χ0) is 15.1. The summed E-state index contributed by atoms with van der Waals surface area (Å²) in [4.78, 5) is 4.53. The summed E-state index contributed by atoms with van der Waals surface area (Å²) in [6.45, 7) is 3.70. The van der Waals surface area contributed by atoms with E-state index in [0.717, 1.165) is 22.7 Å². The van der Waals surface area contributed by atoms with E-state index >= 15 is 0 Å². The second kappa shape index (κ2) is 5.15. The van der Waals surface area contributed by atoms with Crippen molar-refractivity contribution in [3.63, 3.8) is 0 Å². The summed E-state index contributed by atoms with van der Waals surface area (Å²) in [7, 11) is 1.88. The van der Waals surface area contributed by atoms with Gasteiger partial charge in [0.15, 0.2) is 0 Å². The van der Waals surface area contributed by atoms with E-state index in [1.165, 1.54) is 6.07 Å². The van der Waals surface area contributed by atoms with Gasteiger partial charge in [0.05, 0.1) is 22.4 Å². The molecule has 0 saturated heterocycles. The smallest absolute Gasteiger partial charge is 0.128 e. The van der Waals surface area contributed by atoms with Gasteiger partial charge in [-0.3, -0.25) is 9.25 Å². The van der Waals surface area contributed by atoms with Crippen molar-refractivity contribution in [1.29, 1.82) is 0 Å². The van der Waals surface area contributed by atoms with Gasteiger partial charge >= 0.3 is 0 Å². The first kappa shape index (κ1) is 14.1. The Morgan fingerprint density at radius 2 is 2.05 bits per heavy atom. The first-order valence-corrected chi connectivity index (χ1v) is 7.28. The Morgan fingerprint density at radius 1 is 1.29 bits per heavy atom. The van der Waals surface area contributed by atoms with Crippen LogP contribution in [0, 0.1) is 19.7 Å². The van der Waals surface area contributed by atoms with Crippen LogP contribution in [0.4, 0.5) is 4.39 Å². The Morgan fingerprint density at radius 3 is 2.67 bits per heavy atom. The third-order valence-electron chi connectivity index (χ3n) is 3.55. The van der Waals surface area contributed by atoms with Crippen molar-refractivity contribution < 1.29 is 4.39 Å². The average Bonchev–Trinajstić information content (AvgIpc) is 2.90. The molecule has 0 N–H and O–H groups in total. The number of nitrogens with zero attached hydrogens (tertiary/aromatic N) is 4. The Labute approximate surface area is 127 Å². The SMILES string of the molecule is Cc1cc2c(cc1F)nc(CCCl)n2-c1cn(C)nc1C. The summed E-state index contributed by atoms with van der Waals surface area (Å²) in [5.41, 5.74) is 3.97. The normalized spacial score (nSPS) is 11.5. The lowest BCUT2D eigenvalue weighted by Crippen LogP contribution is -2.03. The molecular formula is C15H16ClFN4. The van der Waals surface area contributed by atoms with Crippen LogP contribution in [0.3, 0.4) is 0 Å². The second-order valence-corrected chi connectivity index (χ2v) is 5.54. The van der Waals surface area contributed by atoms with E-state index in [0.29, 0.717) is 23.4 Å². The molecule has 0 spiro atoms. The van der Waals surface area contributed by atoms with E-state index in [4.69, 9.17) is 11.6 Å². The summed E-state index contributed by atoms with van der Waals surface area (Å²) >= 11 is 5.88. The predicted molar refractivity (Wildman–Crippen MR) is 81.7 cm³/mol. The Bertz CT molecular complexity index is 819. The molecule has 6 heteroatoms. The van der Waals surface area contributed by atoms with E-state index in [9.17, 15) is 4.39 Å². The molecule has 4 nitrogen and oxygen atoms in total. The first-order valence-electron chi connectivity index (χ1n) is 6.75. The Hall–Kier alpha value is -1.88. The van der Waals surface area contributed by atoms with Crippen LogP contribution in [-0.4, -0.2) is 25.2 Å². The lowest BCUT2D eigenvalue weighted by molar-refractivity contribution is 0.620. The highest BCUT2D eigenvalue weighted by Crippen LogP contribution is 2.26. The number of rotatable bonds is 3. The number of halogens is 2. The molecule has 0 aliphatic heterocycles. The van der Waals surface area contributed by atoms with Gasteiger partial charge in [-0.15, -0.1) is 11.6 Å². The first-order chi connectivity index (χ1) is 10.0. The molecule has 110 valence electrons. The molecule has 0 bridgehead atoms. The van der Waals surface area contributed by atoms with Crippen molar-refractivity contribution in [3.05, 3.63) is 41.2 Å². The lowest BCUT2D eigenvalue weighted by Gasteiger charge is -2.07. The molecular weight excluding hydrogens is 291 g/mol. The van der Waals surface area contributed by atoms with Crippen LogP contribution in [-0.2, 0) is 13.5 Å². The van der Waals surface area contributed by atoms with Crippen molar-refractivity contribution in [2.45, 2.75) is 20.3 Å². The molecule has 2 aromatic heterocycles. The number of hydrogen-bond donors (Lipinski definition) is 0. The van der Waals surface area contributed by atoms with Gasteiger partial charge in [-0.1, -0.05) is 0 Å². The fraction of sp³-hybridized carbons (Fsp3) is 0.333. The van der Waals surface area contributed by atoms with Crippen LogP contribution in [0.15, 0.2) is 18.3 Å². The molecule has 0 aliphatic carbocycles. The maximum absolute atomic E-state index is 13.8. The molecule has 1 aromatic carbocycles. The molecule has 2 heterocycles. The van der Waals surface area contributed by atoms with Gasteiger partial charge in [-0.2, -0.15) is 5.10 Å². The summed E-state index contributed by atoms with van der Waals surface area (Å²) < 4.78 is 17.6. The van der Waals surface area contributed by atoms with Crippen LogP contribution in [0.1, 0.15) is 17.1 Å². The van der Waals surface area contributed by atoms with Crippen LogP contribution < -0.4 is 0 Å². The van der Waals surface area contributed by atoms with Crippen molar-refractivity contribution in [3.8, 4) is 5.69 Å². The molecule has 0 atom stereocenters. The molecule has 0 saturated carbocycles. The monoisotopic (exact) mass is 306 g/mol. The zero-order valence-electron chi connectivity index (χ0n) is 12.2. The zero-order valence-corrected chi connectivity index (χ0v) is 12.9. The van der Waals surface area contributed by atoms with Crippen LogP contribution in [0.2, 0.25) is 0 Å². The topological polar surface area (TPSA) is 35.6 Å². The van der Waals surface area contributed by atoms with Gasteiger partial charge in [0, 0.05) is 31.6 Å². The maximum atomic E-state index is 13.8. The van der Waals surface area contributed by atoms with Gasteiger partial charge in [0.2, 0.25) is 0 Å². The maximum Gasteiger partial charge on any atom is 0.128 e. The van der Waals surface area contributed by atoms with Crippen molar-refractivity contribution in [1.82, 2.24) is 19.3 Å². The number of hydrogen-bond acceptors (Lipinski definition) is 2. The van der Waals surface area contributed by atoms with Crippen molar-refractivity contribution in [2.24, 2.45) is 7.05 Å². The fourth-order valence-electron chi connectivity index (χ4n) is 2.58. The van der Waals surface area contributed by atoms with Gasteiger partial charge in [-0.05, 0) is 25.5 Å². The van der Waals surface area contributed by atoms with Gasteiger partial charge in [0.25, 0.3) is 0 Å². The van der Waals surface area contributed by atoms with E-state index < -0.39 is 0 Å². The molecule has 3 rings (SSSR count). The quantitative estimate of drug-likeness (QED) is 0.696. The van der Waals surface area contributed by atoms with Gasteiger partial charge < -0.3 is 0 Å². The predicted octanol–water partition coefficient (Wildman–Crippen LogP) is 3.30. The van der Waals surface area contributed by atoms with Crippen molar-refractivity contribution in [2.75, 3.05) is 5.88 Å². The standard InChI is InChI=1S/C15H16ClFN4/c1-9-6-13-12(7-11(9)17)18-15(4-5-16)21(13)14-8-20(3)19-10(14)2/h6-8H,4-5H2,1-3H3. The largest absolute Gasteiger partial charge is 0.293 e. The third kappa shape index (κ3) is 2.31. The van der Waals surface area contributed by atoms with Crippen LogP contribution >= 0.6 is 11.6 Å². The fourth-order valence-corrected chi connectivity index (χ4v) is 2.75. The molecule has 0 fully saturated rings.